The van der Waals surface area contributed by atoms with Gasteiger partial charge in [-0.3, -0.25) is 4.79 Å². The molecule has 0 aliphatic heterocycles. The van der Waals surface area contributed by atoms with Gasteiger partial charge >= 0.3 is 0 Å². The maximum absolute atomic E-state index is 12.4. The lowest BCUT2D eigenvalue weighted by Crippen LogP contribution is -2.12. The summed E-state index contributed by atoms with van der Waals surface area (Å²) in [5.74, 6) is 1.19. The van der Waals surface area contributed by atoms with Gasteiger partial charge in [0.15, 0.2) is 0 Å². The van der Waals surface area contributed by atoms with E-state index in [0.717, 1.165) is 5.75 Å². The fraction of sp³-hybridized carbons (Fsp3) is 0.350. The maximum Gasteiger partial charge on any atom is 0.255 e. The molecule has 0 spiro atoms. The summed E-state index contributed by atoms with van der Waals surface area (Å²) >= 11 is 3.43. The van der Waals surface area contributed by atoms with Crippen LogP contribution in [0.15, 0.2) is 46.9 Å². The number of halogens is 1. The molecule has 0 aliphatic carbocycles. The largest absolute Gasteiger partial charge is 0.491 e. The van der Waals surface area contributed by atoms with E-state index in [1.807, 2.05) is 19.1 Å². The van der Waals surface area contributed by atoms with Crippen molar-refractivity contribution in [3.63, 3.8) is 0 Å². The fourth-order valence-electron chi connectivity index (χ4n) is 2.19. The summed E-state index contributed by atoms with van der Waals surface area (Å²) in [5, 5.41) is 2.86. The predicted molar refractivity (Wildman–Crippen MR) is 108 cm³/mol. The quantitative estimate of drug-likeness (QED) is 0.535. The topological polar surface area (TPSA) is 66.0 Å². The van der Waals surface area contributed by atoms with Crippen LogP contribution in [0.2, 0.25) is 0 Å². The van der Waals surface area contributed by atoms with Gasteiger partial charge in [-0.2, -0.15) is 0 Å². The summed E-state index contributed by atoms with van der Waals surface area (Å²) < 4.78 is 22.0. The molecule has 0 saturated carbocycles. The molecule has 1 amide bonds. The standard InChI is InChI=1S/C20H24BrNO5/c1-3-25-11-13-26-17-7-5-16(6-8-17)22-20(23)15-4-9-19(18(21)14-15)27-12-10-24-2/h4-9,14H,3,10-13H2,1-2H3,(H,22,23). The highest BCUT2D eigenvalue weighted by Crippen LogP contribution is 2.26. The predicted octanol–water partition coefficient (Wildman–Crippen LogP) is 4.14. The third kappa shape index (κ3) is 7.21. The molecule has 0 bridgehead atoms. The number of anilines is 1. The molecule has 2 rings (SSSR count). The van der Waals surface area contributed by atoms with Crippen molar-refractivity contribution in [2.45, 2.75) is 6.92 Å². The van der Waals surface area contributed by atoms with Crippen LogP contribution in [0.1, 0.15) is 17.3 Å². The Kier molecular flexibility index (Phi) is 9.10. The maximum atomic E-state index is 12.4. The molecule has 6 nitrogen and oxygen atoms in total. The number of carbonyl (C=O) groups is 1. The molecule has 0 fully saturated rings. The third-order valence-electron chi connectivity index (χ3n) is 3.55. The summed E-state index contributed by atoms with van der Waals surface area (Å²) in [5.41, 5.74) is 1.21. The van der Waals surface area contributed by atoms with Gasteiger partial charge in [0.05, 0.1) is 17.7 Å². The molecule has 0 aliphatic rings. The Morgan fingerprint density at radius 1 is 1.00 bits per heavy atom. The van der Waals surface area contributed by atoms with Crippen molar-refractivity contribution >= 4 is 27.5 Å². The van der Waals surface area contributed by atoms with E-state index in [0.29, 0.717) is 54.5 Å². The zero-order valence-electron chi connectivity index (χ0n) is 15.5. The minimum atomic E-state index is -0.204. The zero-order valence-corrected chi connectivity index (χ0v) is 17.1. The first-order valence-electron chi connectivity index (χ1n) is 8.67. The van der Waals surface area contributed by atoms with Crippen LogP contribution in [0.25, 0.3) is 0 Å². The van der Waals surface area contributed by atoms with Crippen LogP contribution >= 0.6 is 15.9 Å². The lowest BCUT2D eigenvalue weighted by Gasteiger charge is -2.10. The molecule has 0 radical (unpaired) electrons. The first-order valence-corrected chi connectivity index (χ1v) is 9.46. The number of benzene rings is 2. The van der Waals surface area contributed by atoms with E-state index in [1.165, 1.54) is 0 Å². The molecular weight excluding hydrogens is 414 g/mol. The second-order valence-electron chi connectivity index (χ2n) is 5.51. The van der Waals surface area contributed by atoms with Crippen LogP contribution in [0.4, 0.5) is 5.69 Å². The Balaban J connectivity index is 1.89. The number of nitrogens with one attached hydrogen (secondary N) is 1. The first-order chi connectivity index (χ1) is 13.1. The van der Waals surface area contributed by atoms with Crippen molar-refractivity contribution in [2.24, 2.45) is 0 Å². The second-order valence-corrected chi connectivity index (χ2v) is 6.36. The highest BCUT2D eigenvalue weighted by atomic mass is 79.9. The first kappa shape index (κ1) is 21.2. The van der Waals surface area contributed by atoms with E-state index in [1.54, 1.807) is 37.4 Å². The van der Waals surface area contributed by atoms with Gasteiger partial charge in [0.25, 0.3) is 5.91 Å². The molecule has 146 valence electrons. The van der Waals surface area contributed by atoms with Crippen LogP contribution in [0, 0.1) is 0 Å². The average Bonchev–Trinajstić information content (AvgIpc) is 2.68. The summed E-state index contributed by atoms with van der Waals surface area (Å²) in [6, 6.07) is 12.4. The Bertz CT molecular complexity index is 721. The van der Waals surface area contributed by atoms with Gasteiger partial charge in [0.2, 0.25) is 0 Å². The normalized spacial score (nSPS) is 10.5. The van der Waals surface area contributed by atoms with E-state index in [9.17, 15) is 4.79 Å². The van der Waals surface area contributed by atoms with E-state index >= 15 is 0 Å². The van der Waals surface area contributed by atoms with Gasteiger partial charge in [-0.1, -0.05) is 0 Å². The van der Waals surface area contributed by atoms with E-state index in [4.69, 9.17) is 18.9 Å². The van der Waals surface area contributed by atoms with Gasteiger partial charge < -0.3 is 24.3 Å². The van der Waals surface area contributed by atoms with Crippen LogP contribution in [0.3, 0.4) is 0 Å². The summed E-state index contributed by atoms with van der Waals surface area (Å²) in [6.45, 7) is 4.60. The number of methoxy groups -OCH3 is 1. The fourth-order valence-corrected chi connectivity index (χ4v) is 2.69. The number of hydrogen-bond acceptors (Lipinski definition) is 5. The van der Waals surface area contributed by atoms with Gasteiger partial charge in [0, 0.05) is 25.0 Å². The lowest BCUT2D eigenvalue weighted by molar-refractivity contribution is 0.102. The summed E-state index contributed by atoms with van der Waals surface area (Å²) in [4.78, 5) is 12.4. The van der Waals surface area contributed by atoms with Crippen molar-refractivity contribution < 1.29 is 23.7 Å². The van der Waals surface area contributed by atoms with Crippen LogP contribution in [0.5, 0.6) is 11.5 Å². The molecule has 2 aromatic carbocycles. The highest BCUT2D eigenvalue weighted by molar-refractivity contribution is 9.10. The SMILES string of the molecule is CCOCCOc1ccc(NC(=O)c2ccc(OCCOC)c(Br)c2)cc1. The molecule has 2 aromatic rings. The molecule has 27 heavy (non-hydrogen) atoms. The average molecular weight is 438 g/mol. The zero-order chi connectivity index (χ0) is 19.5. The Labute approximate surface area is 167 Å². The van der Waals surface area contributed by atoms with Crippen LogP contribution in [-0.4, -0.2) is 46.1 Å². The van der Waals surface area contributed by atoms with E-state index < -0.39 is 0 Å². The molecule has 0 saturated heterocycles. The molecule has 1 N–H and O–H groups in total. The molecular formula is C20H24BrNO5. The summed E-state index contributed by atoms with van der Waals surface area (Å²) in [7, 11) is 1.62. The Morgan fingerprint density at radius 3 is 2.41 bits per heavy atom. The van der Waals surface area contributed by atoms with E-state index in [2.05, 4.69) is 21.2 Å². The molecule has 0 unspecified atom stereocenters. The van der Waals surface area contributed by atoms with E-state index in [-0.39, 0.29) is 5.91 Å². The molecule has 7 heteroatoms. The van der Waals surface area contributed by atoms with Gasteiger partial charge in [-0.05, 0) is 65.3 Å². The van der Waals surface area contributed by atoms with Crippen molar-refractivity contribution in [3.05, 3.63) is 52.5 Å². The number of rotatable bonds is 11. The highest BCUT2D eigenvalue weighted by Gasteiger charge is 2.10. The van der Waals surface area contributed by atoms with Crippen molar-refractivity contribution in [2.75, 3.05) is 45.5 Å². The number of hydrogen-bond donors (Lipinski definition) is 1. The smallest absolute Gasteiger partial charge is 0.255 e. The monoisotopic (exact) mass is 437 g/mol. The third-order valence-corrected chi connectivity index (χ3v) is 4.17. The molecule has 0 aromatic heterocycles. The minimum absolute atomic E-state index is 0.204. The van der Waals surface area contributed by atoms with Crippen molar-refractivity contribution in [1.82, 2.24) is 0 Å². The van der Waals surface area contributed by atoms with Crippen molar-refractivity contribution in [1.29, 1.82) is 0 Å². The van der Waals surface area contributed by atoms with Gasteiger partial charge in [-0.25, -0.2) is 0 Å². The Hall–Kier alpha value is -2.09. The van der Waals surface area contributed by atoms with Gasteiger partial charge in [-0.15, -0.1) is 0 Å². The van der Waals surface area contributed by atoms with Crippen LogP contribution in [-0.2, 0) is 9.47 Å². The van der Waals surface area contributed by atoms with Gasteiger partial charge in [0.1, 0.15) is 24.7 Å². The van der Waals surface area contributed by atoms with Crippen molar-refractivity contribution in [3.8, 4) is 11.5 Å². The second kappa shape index (κ2) is 11.6. The minimum Gasteiger partial charge on any atom is -0.491 e. The lowest BCUT2D eigenvalue weighted by atomic mass is 10.2. The number of ether oxygens (including phenoxy) is 4. The molecule has 0 heterocycles. The summed E-state index contributed by atoms with van der Waals surface area (Å²) in [6.07, 6.45) is 0. The molecule has 0 atom stereocenters. The number of amides is 1. The Morgan fingerprint density at radius 2 is 1.74 bits per heavy atom. The van der Waals surface area contributed by atoms with Crippen LogP contribution < -0.4 is 14.8 Å². The number of carbonyl (C=O) groups excluding carboxylic acids is 1.